The van der Waals surface area contributed by atoms with Gasteiger partial charge in [-0.05, 0) is 38.8 Å². The van der Waals surface area contributed by atoms with Gasteiger partial charge in [-0.2, -0.15) is 0 Å². The minimum absolute atomic E-state index is 0.0194. The summed E-state index contributed by atoms with van der Waals surface area (Å²) in [5, 5.41) is 2.96. The summed E-state index contributed by atoms with van der Waals surface area (Å²) >= 11 is 0. The lowest BCUT2D eigenvalue weighted by Gasteiger charge is -2.38. The summed E-state index contributed by atoms with van der Waals surface area (Å²) in [6.07, 6.45) is 4.73. The first kappa shape index (κ1) is 20.8. The second kappa shape index (κ2) is 10.0. The number of rotatable bonds is 5. The summed E-state index contributed by atoms with van der Waals surface area (Å²) < 4.78 is 0. The second-order valence-electron chi connectivity index (χ2n) is 8.14. The highest BCUT2D eigenvalue weighted by Gasteiger charge is 2.29. The maximum atomic E-state index is 12.8. The number of anilines is 1. The fraction of sp³-hybridized carbons (Fsp3) is 0.636. The van der Waals surface area contributed by atoms with Gasteiger partial charge in [-0.1, -0.05) is 30.5 Å². The summed E-state index contributed by atoms with van der Waals surface area (Å²) in [7, 11) is 0. The highest BCUT2D eigenvalue weighted by Crippen LogP contribution is 2.14. The summed E-state index contributed by atoms with van der Waals surface area (Å²) in [4.78, 5) is 31.6. The molecule has 1 unspecified atom stereocenters. The van der Waals surface area contributed by atoms with Crippen LogP contribution in [0.5, 0.6) is 0 Å². The molecule has 0 aromatic heterocycles. The van der Waals surface area contributed by atoms with E-state index in [1.54, 1.807) is 0 Å². The first-order chi connectivity index (χ1) is 13.5. The molecule has 0 aliphatic carbocycles. The summed E-state index contributed by atoms with van der Waals surface area (Å²) in [5.74, 6) is 0.290. The van der Waals surface area contributed by atoms with Gasteiger partial charge in [0.15, 0.2) is 0 Å². The Morgan fingerprint density at radius 3 is 2.14 bits per heavy atom. The standard InChI is InChI=1S/C22H34N4O2/c1-18-7-9-20(10-8-18)23-21(27)17-24-13-15-25(16-14-24)19(2)22(28)26-11-5-3-4-6-12-26/h7-10,19H,3-6,11-17H2,1-2H3,(H,23,27). The summed E-state index contributed by atoms with van der Waals surface area (Å²) in [6.45, 7) is 9.58. The maximum Gasteiger partial charge on any atom is 0.239 e. The quantitative estimate of drug-likeness (QED) is 0.844. The number of hydrogen-bond donors (Lipinski definition) is 1. The Labute approximate surface area is 168 Å². The van der Waals surface area contributed by atoms with Crippen LogP contribution in [0.3, 0.4) is 0 Å². The van der Waals surface area contributed by atoms with Crippen LogP contribution in [0.15, 0.2) is 24.3 Å². The molecule has 1 aromatic rings. The number of carbonyl (C=O) groups excluding carboxylic acids is 2. The lowest BCUT2D eigenvalue weighted by Crippen LogP contribution is -2.55. The number of carbonyl (C=O) groups is 2. The number of piperazine rings is 1. The van der Waals surface area contributed by atoms with Crippen molar-refractivity contribution in [1.82, 2.24) is 14.7 Å². The Kier molecular flexibility index (Phi) is 7.45. The van der Waals surface area contributed by atoms with Crippen molar-refractivity contribution < 1.29 is 9.59 Å². The molecule has 1 N–H and O–H groups in total. The molecule has 0 radical (unpaired) electrons. The minimum Gasteiger partial charge on any atom is -0.341 e. The van der Waals surface area contributed by atoms with Crippen LogP contribution >= 0.6 is 0 Å². The normalized spacial score (nSPS) is 20.4. The monoisotopic (exact) mass is 386 g/mol. The highest BCUT2D eigenvalue weighted by atomic mass is 16.2. The van der Waals surface area contributed by atoms with Gasteiger partial charge in [0.1, 0.15) is 0 Å². The molecule has 1 atom stereocenters. The van der Waals surface area contributed by atoms with E-state index in [0.717, 1.165) is 57.8 Å². The van der Waals surface area contributed by atoms with Crippen LogP contribution in [-0.4, -0.2) is 78.4 Å². The molecule has 3 rings (SSSR count). The topological polar surface area (TPSA) is 55.9 Å². The zero-order chi connectivity index (χ0) is 19.9. The van der Waals surface area contributed by atoms with Crippen molar-refractivity contribution in [3.8, 4) is 0 Å². The zero-order valence-corrected chi connectivity index (χ0v) is 17.3. The van der Waals surface area contributed by atoms with E-state index in [-0.39, 0.29) is 17.9 Å². The molecule has 154 valence electrons. The molecule has 0 saturated carbocycles. The number of nitrogens with zero attached hydrogens (tertiary/aromatic N) is 3. The molecule has 28 heavy (non-hydrogen) atoms. The molecule has 2 amide bonds. The van der Waals surface area contributed by atoms with Crippen molar-refractivity contribution in [3.05, 3.63) is 29.8 Å². The van der Waals surface area contributed by atoms with Gasteiger partial charge in [-0.25, -0.2) is 0 Å². The Balaban J connectivity index is 1.42. The Morgan fingerprint density at radius 2 is 1.54 bits per heavy atom. The van der Waals surface area contributed by atoms with E-state index in [4.69, 9.17) is 0 Å². The van der Waals surface area contributed by atoms with Gasteiger partial charge in [0.2, 0.25) is 11.8 Å². The van der Waals surface area contributed by atoms with Crippen molar-refractivity contribution in [3.63, 3.8) is 0 Å². The number of likely N-dealkylation sites (tertiary alicyclic amines) is 1. The predicted molar refractivity (Wildman–Crippen MR) is 112 cm³/mol. The van der Waals surface area contributed by atoms with Gasteiger partial charge in [0, 0.05) is 45.0 Å². The van der Waals surface area contributed by atoms with Crippen molar-refractivity contribution in [2.24, 2.45) is 0 Å². The van der Waals surface area contributed by atoms with E-state index in [2.05, 4.69) is 20.0 Å². The minimum atomic E-state index is -0.0679. The third-order valence-electron chi connectivity index (χ3n) is 5.93. The van der Waals surface area contributed by atoms with Gasteiger partial charge in [0.25, 0.3) is 0 Å². The first-order valence-corrected chi connectivity index (χ1v) is 10.6. The Hall–Kier alpha value is -1.92. The van der Waals surface area contributed by atoms with E-state index in [1.165, 1.54) is 18.4 Å². The van der Waals surface area contributed by atoms with Crippen LogP contribution < -0.4 is 5.32 Å². The summed E-state index contributed by atoms with van der Waals surface area (Å²) in [6, 6.07) is 7.79. The molecule has 2 saturated heterocycles. The number of amides is 2. The van der Waals surface area contributed by atoms with Crippen molar-refractivity contribution >= 4 is 17.5 Å². The predicted octanol–water partition coefficient (Wildman–Crippen LogP) is 2.34. The maximum absolute atomic E-state index is 12.8. The molecule has 6 nitrogen and oxygen atoms in total. The van der Waals surface area contributed by atoms with Crippen LogP contribution in [0, 0.1) is 6.92 Å². The van der Waals surface area contributed by atoms with Crippen LogP contribution in [0.1, 0.15) is 38.2 Å². The Morgan fingerprint density at radius 1 is 0.929 bits per heavy atom. The van der Waals surface area contributed by atoms with Crippen LogP contribution in [0.4, 0.5) is 5.69 Å². The zero-order valence-electron chi connectivity index (χ0n) is 17.3. The van der Waals surface area contributed by atoms with Crippen LogP contribution in [0.25, 0.3) is 0 Å². The number of hydrogen-bond acceptors (Lipinski definition) is 4. The smallest absolute Gasteiger partial charge is 0.239 e. The SMILES string of the molecule is Cc1ccc(NC(=O)CN2CCN(C(C)C(=O)N3CCCCCC3)CC2)cc1. The van der Waals surface area contributed by atoms with E-state index >= 15 is 0 Å². The van der Waals surface area contributed by atoms with E-state index in [1.807, 2.05) is 38.1 Å². The van der Waals surface area contributed by atoms with Gasteiger partial charge in [-0.15, -0.1) is 0 Å². The van der Waals surface area contributed by atoms with Gasteiger partial charge < -0.3 is 10.2 Å². The molecule has 2 aliphatic rings. The molecule has 0 bridgehead atoms. The van der Waals surface area contributed by atoms with Crippen LogP contribution in [-0.2, 0) is 9.59 Å². The first-order valence-electron chi connectivity index (χ1n) is 10.6. The van der Waals surface area contributed by atoms with E-state index in [0.29, 0.717) is 6.54 Å². The van der Waals surface area contributed by atoms with Gasteiger partial charge in [-0.3, -0.25) is 19.4 Å². The number of benzene rings is 1. The fourth-order valence-corrected chi connectivity index (χ4v) is 4.06. The van der Waals surface area contributed by atoms with Gasteiger partial charge in [0.05, 0.1) is 12.6 Å². The number of aryl methyl sites for hydroxylation is 1. The van der Waals surface area contributed by atoms with Crippen molar-refractivity contribution in [2.45, 2.75) is 45.6 Å². The molecule has 2 aliphatic heterocycles. The van der Waals surface area contributed by atoms with E-state index in [9.17, 15) is 9.59 Å². The number of nitrogens with one attached hydrogen (secondary N) is 1. The third-order valence-corrected chi connectivity index (χ3v) is 5.93. The third kappa shape index (κ3) is 5.79. The van der Waals surface area contributed by atoms with Crippen molar-refractivity contribution in [2.75, 3.05) is 51.1 Å². The van der Waals surface area contributed by atoms with E-state index < -0.39 is 0 Å². The lowest BCUT2D eigenvalue weighted by molar-refractivity contribution is -0.137. The Bertz CT molecular complexity index is 645. The molecule has 1 aromatic carbocycles. The molecular formula is C22H34N4O2. The van der Waals surface area contributed by atoms with Gasteiger partial charge >= 0.3 is 0 Å². The lowest BCUT2D eigenvalue weighted by atomic mass is 10.2. The average Bonchev–Trinajstić information content (AvgIpc) is 2.99. The molecule has 6 heteroatoms. The molecule has 2 fully saturated rings. The fourth-order valence-electron chi connectivity index (χ4n) is 4.06. The highest BCUT2D eigenvalue weighted by molar-refractivity contribution is 5.92. The van der Waals surface area contributed by atoms with Crippen LogP contribution in [0.2, 0.25) is 0 Å². The largest absolute Gasteiger partial charge is 0.341 e. The summed E-state index contributed by atoms with van der Waals surface area (Å²) in [5.41, 5.74) is 2.02. The average molecular weight is 387 g/mol. The molecule has 0 spiro atoms. The van der Waals surface area contributed by atoms with Crippen molar-refractivity contribution in [1.29, 1.82) is 0 Å². The molecular weight excluding hydrogens is 352 g/mol. The second-order valence-corrected chi connectivity index (χ2v) is 8.14. The molecule has 2 heterocycles.